The zero-order valence-electron chi connectivity index (χ0n) is 24.5. The van der Waals surface area contributed by atoms with E-state index in [1.54, 1.807) is 11.3 Å². The van der Waals surface area contributed by atoms with Gasteiger partial charge >= 0.3 is 0 Å². The molecule has 0 saturated carbocycles. The van der Waals surface area contributed by atoms with E-state index in [4.69, 9.17) is 13.8 Å². The number of benzene rings is 7. The molecule has 0 atom stereocenters. The Labute approximate surface area is 267 Å². The Morgan fingerprint density at radius 1 is 0.500 bits per heavy atom. The Morgan fingerprint density at radius 2 is 1.30 bits per heavy atom. The number of oxazole rings is 1. The molecule has 7 aromatic carbocycles. The fraction of sp³-hybridized carbons (Fsp3) is 0. The highest BCUT2D eigenvalue weighted by Crippen LogP contribution is 2.45. The van der Waals surface area contributed by atoms with Crippen molar-refractivity contribution >= 4 is 92.4 Å². The third-order valence-corrected chi connectivity index (χ3v) is 10.00. The lowest BCUT2D eigenvalue weighted by Gasteiger charge is -2.25. The topological polar surface area (TPSA) is 42.4 Å². The molecule has 0 aliphatic carbocycles. The maximum Gasteiger partial charge on any atom is 0.227 e. The molecule has 3 heterocycles. The second kappa shape index (κ2) is 9.80. The number of hydrogen-bond acceptors (Lipinski definition) is 5. The summed E-state index contributed by atoms with van der Waals surface area (Å²) in [6.07, 6.45) is 0. The van der Waals surface area contributed by atoms with Gasteiger partial charge in [-0.15, -0.1) is 11.3 Å². The first kappa shape index (κ1) is 25.4. The molecule has 5 heteroatoms. The number of para-hydroxylation sites is 3. The van der Waals surface area contributed by atoms with Gasteiger partial charge in [-0.3, -0.25) is 0 Å². The third-order valence-electron chi connectivity index (χ3n) is 8.88. The van der Waals surface area contributed by atoms with Crippen LogP contribution in [0.3, 0.4) is 0 Å². The highest BCUT2D eigenvalue weighted by Gasteiger charge is 2.19. The minimum Gasteiger partial charge on any atom is -0.455 e. The van der Waals surface area contributed by atoms with Crippen molar-refractivity contribution in [1.82, 2.24) is 4.98 Å². The summed E-state index contributed by atoms with van der Waals surface area (Å²) >= 11 is 1.80. The standard InChI is InChI=1S/C41H24N2O2S/c1-2-10-26(11-3-1)43(27-19-22-35-33(23-27)30-20-17-25-9-4-5-12-29(25)40(30)44-35)28-18-21-31-38(24-28)46-37-16-8-13-32(39(31)37)41-42-34-14-6-7-15-36(34)45-41/h1-24H. The molecule has 0 unspecified atom stereocenters. The number of rotatable bonds is 4. The predicted molar refractivity (Wildman–Crippen MR) is 192 cm³/mol. The van der Waals surface area contributed by atoms with E-state index in [0.717, 1.165) is 61.1 Å². The third kappa shape index (κ3) is 3.82. The average molecular weight is 609 g/mol. The Kier molecular flexibility index (Phi) is 5.41. The molecule has 0 bridgehead atoms. The van der Waals surface area contributed by atoms with Crippen LogP contribution in [0, 0.1) is 0 Å². The summed E-state index contributed by atoms with van der Waals surface area (Å²) in [6.45, 7) is 0. The smallest absolute Gasteiger partial charge is 0.227 e. The lowest BCUT2D eigenvalue weighted by molar-refractivity contribution is 0.620. The Balaban J connectivity index is 1.15. The highest BCUT2D eigenvalue weighted by atomic mass is 32.1. The molecule has 0 amide bonds. The van der Waals surface area contributed by atoms with E-state index in [1.165, 1.54) is 25.6 Å². The average Bonchev–Trinajstić information content (AvgIpc) is 3.82. The number of anilines is 3. The van der Waals surface area contributed by atoms with Crippen LogP contribution in [0.15, 0.2) is 154 Å². The molecule has 0 fully saturated rings. The minimum absolute atomic E-state index is 0.648. The SMILES string of the molecule is c1ccc(N(c2ccc3c(c2)sc2cccc(-c4nc5ccccc5o4)c23)c2ccc3oc4c5ccccc5ccc4c3c2)cc1. The quantitative estimate of drug-likeness (QED) is 0.199. The Morgan fingerprint density at radius 3 is 2.24 bits per heavy atom. The molecule has 0 spiro atoms. The van der Waals surface area contributed by atoms with Crippen LogP contribution in [0.2, 0.25) is 0 Å². The van der Waals surface area contributed by atoms with Crippen LogP contribution in [0.25, 0.3) is 75.4 Å². The molecule has 4 nitrogen and oxygen atoms in total. The zero-order chi connectivity index (χ0) is 30.2. The summed E-state index contributed by atoms with van der Waals surface area (Å²) < 4.78 is 15.1. The van der Waals surface area contributed by atoms with E-state index in [-0.39, 0.29) is 0 Å². The summed E-state index contributed by atoms with van der Waals surface area (Å²) in [4.78, 5) is 7.15. The van der Waals surface area contributed by atoms with Crippen LogP contribution in [0.5, 0.6) is 0 Å². The van der Waals surface area contributed by atoms with E-state index in [9.17, 15) is 0 Å². The van der Waals surface area contributed by atoms with Gasteiger partial charge in [0.1, 0.15) is 16.7 Å². The molecular formula is C41H24N2O2S. The predicted octanol–water partition coefficient (Wildman–Crippen LogP) is 12.4. The summed E-state index contributed by atoms with van der Waals surface area (Å²) in [5.41, 5.74) is 7.74. The molecule has 0 N–H and O–H groups in total. The van der Waals surface area contributed by atoms with Gasteiger partial charge in [0.05, 0.1) is 0 Å². The second-order valence-electron chi connectivity index (χ2n) is 11.6. The first-order chi connectivity index (χ1) is 22.8. The van der Waals surface area contributed by atoms with Crippen molar-refractivity contribution in [3.63, 3.8) is 0 Å². The molecule has 10 aromatic rings. The van der Waals surface area contributed by atoms with Crippen LogP contribution in [0.1, 0.15) is 0 Å². The fourth-order valence-electron chi connectivity index (χ4n) is 6.78. The number of furan rings is 1. The van der Waals surface area contributed by atoms with Crippen molar-refractivity contribution in [2.45, 2.75) is 0 Å². The summed E-state index contributed by atoms with van der Waals surface area (Å²) in [6, 6.07) is 50.9. The fourth-order valence-corrected chi connectivity index (χ4v) is 7.94. The van der Waals surface area contributed by atoms with Crippen molar-refractivity contribution < 1.29 is 8.83 Å². The second-order valence-corrected chi connectivity index (χ2v) is 12.6. The molecule has 0 aliphatic rings. The van der Waals surface area contributed by atoms with Gasteiger partial charge in [-0.25, -0.2) is 4.98 Å². The van der Waals surface area contributed by atoms with Gasteiger partial charge in [0, 0.05) is 59.0 Å². The van der Waals surface area contributed by atoms with Crippen LogP contribution >= 0.6 is 11.3 Å². The number of fused-ring (bicyclic) bond motifs is 9. The van der Waals surface area contributed by atoms with Gasteiger partial charge in [-0.1, -0.05) is 72.8 Å². The Bertz CT molecular complexity index is 2740. The summed E-state index contributed by atoms with van der Waals surface area (Å²) in [5.74, 6) is 0.648. The lowest BCUT2D eigenvalue weighted by atomic mass is 10.0. The molecule has 3 aromatic heterocycles. The maximum absolute atomic E-state index is 6.44. The van der Waals surface area contributed by atoms with Crippen LogP contribution in [-0.2, 0) is 0 Å². The van der Waals surface area contributed by atoms with Crippen molar-refractivity contribution in [3.8, 4) is 11.5 Å². The monoisotopic (exact) mass is 608 g/mol. The van der Waals surface area contributed by atoms with E-state index in [1.807, 2.05) is 24.3 Å². The van der Waals surface area contributed by atoms with Crippen molar-refractivity contribution in [1.29, 1.82) is 0 Å². The molecule has 0 saturated heterocycles. The molecule has 10 rings (SSSR count). The van der Waals surface area contributed by atoms with Gasteiger partial charge in [0.25, 0.3) is 0 Å². The first-order valence-corrected chi connectivity index (χ1v) is 16.1. The summed E-state index contributed by atoms with van der Waals surface area (Å²) in [7, 11) is 0. The highest BCUT2D eigenvalue weighted by molar-refractivity contribution is 7.26. The van der Waals surface area contributed by atoms with E-state index in [2.05, 4.69) is 126 Å². The summed E-state index contributed by atoms with van der Waals surface area (Å²) in [5, 5.41) is 6.89. The number of aromatic nitrogens is 1. The van der Waals surface area contributed by atoms with E-state index in [0.29, 0.717) is 5.89 Å². The first-order valence-electron chi connectivity index (χ1n) is 15.3. The molecule has 0 radical (unpaired) electrons. The van der Waals surface area contributed by atoms with Crippen molar-refractivity contribution in [3.05, 3.63) is 146 Å². The van der Waals surface area contributed by atoms with Crippen molar-refractivity contribution in [2.75, 3.05) is 4.90 Å². The van der Waals surface area contributed by atoms with Gasteiger partial charge in [-0.2, -0.15) is 0 Å². The maximum atomic E-state index is 6.44. The Hall–Kier alpha value is -5.91. The largest absolute Gasteiger partial charge is 0.455 e. The molecular weight excluding hydrogens is 585 g/mol. The molecule has 46 heavy (non-hydrogen) atoms. The number of hydrogen-bond donors (Lipinski definition) is 0. The van der Waals surface area contributed by atoms with Crippen LogP contribution < -0.4 is 4.90 Å². The van der Waals surface area contributed by atoms with Gasteiger partial charge in [0.15, 0.2) is 5.58 Å². The van der Waals surface area contributed by atoms with Gasteiger partial charge in [-0.05, 0) is 78.2 Å². The van der Waals surface area contributed by atoms with Crippen LogP contribution in [-0.4, -0.2) is 4.98 Å². The molecule has 216 valence electrons. The van der Waals surface area contributed by atoms with Crippen LogP contribution in [0.4, 0.5) is 17.1 Å². The van der Waals surface area contributed by atoms with Crippen molar-refractivity contribution in [2.24, 2.45) is 0 Å². The minimum atomic E-state index is 0.648. The molecule has 0 aliphatic heterocycles. The number of thiophene rings is 1. The van der Waals surface area contributed by atoms with E-state index >= 15 is 0 Å². The van der Waals surface area contributed by atoms with Gasteiger partial charge < -0.3 is 13.7 Å². The zero-order valence-corrected chi connectivity index (χ0v) is 25.3. The normalized spacial score (nSPS) is 11.9. The number of nitrogens with zero attached hydrogens (tertiary/aromatic N) is 2. The van der Waals surface area contributed by atoms with Gasteiger partial charge in [0.2, 0.25) is 5.89 Å². The lowest BCUT2D eigenvalue weighted by Crippen LogP contribution is -2.09. The van der Waals surface area contributed by atoms with E-state index < -0.39 is 0 Å².